The number of alkyl carbamates (subject to hydrolysis) is 1. The standard InChI is InChI=1S/C24H26N2O4S/c1-24(2,3)30-23(28)26-21(22-25-19(14-27)16-31-22)13-17-9-11-20(12-10-17)29-15-18-7-5-4-6-8-18/h4-12,14,16,21H,13,15H2,1-3H3,(H,26,28)/t21-/m0/s1. The summed E-state index contributed by atoms with van der Waals surface area (Å²) in [4.78, 5) is 27.7. The highest BCUT2D eigenvalue weighted by atomic mass is 32.1. The van der Waals surface area contributed by atoms with Crippen LogP contribution in [0.2, 0.25) is 0 Å². The monoisotopic (exact) mass is 438 g/mol. The van der Waals surface area contributed by atoms with Gasteiger partial charge in [0, 0.05) is 5.38 Å². The lowest BCUT2D eigenvalue weighted by Crippen LogP contribution is -2.35. The van der Waals surface area contributed by atoms with E-state index in [-0.39, 0.29) is 0 Å². The van der Waals surface area contributed by atoms with E-state index in [9.17, 15) is 9.59 Å². The van der Waals surface area contributed by atoms with Crippen LogP contribution < -0.4 is 10.1 Å². The minimum Gasteiger partial charge on any atom is -0.489 e. The van der Waals surface area contributed by atoms with E-state index >= 15 is 0 Å². The molecule has 3 aromatic rings. The number of hydrogen-bond donors (Lipinski definition) is 1. The van der Waals surface area contributed by atoms with Crippen LogP contribution in [0.5, 0.6) is 5.75 Å². The fraction of sp³-hybridized carbons (Fsp3) is 0.292. The highest BCUT2D eigenvalue weighted by Crippen LogP contribution is 2.24. The SMILES string of the molecule is CC(C)(C)OC(=O)N[C@@H](Cc1ccc(OCc2ccccc2)cc1)c1nc(C=O)cs1. The number of benzene rings is 2. The summed E-state index contributed by atoms with van der Waals surface area (Å²) in [5.74, 6) is 0.766. The number of hydrogen-bond acceptors (Lipinski definition) is 6. The van der Waals surface area contributed by atoms with Gasteiger partial charge in [-0.25, -0.2) is 9.78 Å². The number of carbonyl (C=O) groups is 2. The second-order valence-electron chi connectivity index (χ2n) is 8.05. The fourth-order valence-corrected chi connectivity index (χ4v) is 3.68. The van der Waals surface area contributed by atoms with Crippen LogP contribution in [0.1, 0.15) is 53.4 Å². The third kappa shape index (κ3) is 7.22. The Hall–Kier alpha value is -3.19. The molecule has 2 aromatic carbocycles. The zero-order chi connectivity index (χ0) is 22.3. The number of carbonyl (C=O) groups excluding carboxylic acids is 2. The van der Waals surface area contributed by atoms with Gasteiger partial charge in [-0.3, -0.25) is 4.79 Å². The number of thiazole rings is 1. The minimum absolute atomic E-state index is 0.348. The summed E-state index contributed by atoms with van der Waals surface area (Å²) in [6.45, 7) is 5.92. The van der Waals surface area contributed by atoms with Gasteiger partial charge in [-0.15, -0.1) is 11.3 Å². The van der Waals surface area contributed by atoms with Gasteiger partial charge in [-0.2, -0.15) is 0 Å². The molecule has 0 spiro atoms. The van der Waals surface area contributed by atoms with Gasteiger partial charge in [-0.1, -0.05) is 42.5 Å². The first-order valence-electron chi connectivity index (χ1n) is 9.98. The van der Waals surface area contributed by atoms with Crippen LogP contribution in [0.25, 0.3) is 0 Å². The Labute approximate surface area is 186 Å². The van der Waals surface area contributed by atoms with Crippen LogP contribution in [0.4, 0.5) is 4.79 Å². The molecule has 3 rings (SSSR count). The first-order chi connectivity index (χ1) is 14.8. The molecular formula is C24H26N2O4S. The van der Waals surface area contributed by atoms with Gasteiger partial charge in [-0.05, 0) is 50.5 Å². The number of aromatic nitrogens is 1. The summed E-state index contributed by atoms with van der Waals surface area (Å²) in [7, 11) is 0. The molecule has 0 aliphatic carbocycles. The molecule has 0 bridgehead atoms. The van der Waals surface area contributed by atoms with Crippen molar-refractivity contribution in [2.24, 2.45) is 0 Å². The van der Waals surface area contributed by atoms with Gasteiger partial charge in [0.05, 0.1) is 6.04 Å². The molecule has 7 heteroatoms. The van der Waals surface area contributed by atoms with Crippen LogP contribution in [0.3, 0.4) is 0 Å². The highest BCUT2D eigenvalue weighted by molar-refractivity contribution is 7.09. The lowest BCUT2D eigenvalue weighted by Gasteiger charge is -2.23. The normalized spacial score (nSPS) is 12.1. The van der Waals surface area contributed by atoms with E-state index in [0.29, 0.717) is 30.0 Å². The number of nitrogens with one attached hydrogen (secondary N) is 1. The lowest BCUT2D eigenvalue weighted by molar-refractivity contribution is 0.0503. The lowest BCUT2D eigenvalue weighted by atomic mass is 10.1. The van der Waals surface area contributed by atoms with Crippen molar-refractivity contribution in [3.05, 3.63) is 81.8 Å². The van der Waals surface area contributed by atoms with Gasteiger partial charge >= 0.3 is 6.09 Å². The predicted octanol–water partition coefficient (Wildman–Crippen LogP) is 5.34. The molecule has 0 aliphatic rings. The average Bonchev–Trinajstić information content (AvgIpc) is 3.21. The van der Waals surface area contributed by atoms with Crippen molar-refractivity contribution in [2.45, 2.75) is 45.4 Å². The maximum absolute atomic E-state index is 12.3. The molecule has 1 N–H and O–H groups in total. The van der Waals surface area contributed by atoms with Gasteiger partial charge in [0.1, 0.15) is 28.7 Å². The molecule has 31 heavy (non-hydrogen) atoms. The van der Waals surface area contributed by atoms with Crippen LogP contribution >= 0.6 is 11.3 Å². The zero-order valence-corrected chi connectivity index (χ0v) is 18.6. The summed E-state index contributed by atoms with van der Waals surface area (Å²) in [5, 5.41) is 5.20. The van der Waals surface area contributed by atoms with Crippen molar-refractivity contribution >= 4 is 23.7 Å². The molecule has 162 valence electrons. The molecule has 0 saturated heterocycles. The number of nitrogens with zero attached hydrogens (tertiary/aromatic N) is 1. The van der Waals surface area contributed by atoms with E-state index < -0.39 is 17.7 Å². The molecule has 0 aliphatic heterocycles. The predicted molar refractivity (Wildman–Crippen MR) is 121 cm³/mol. The van der Waals surface area contributed by atoms with Crippen molar-refractivity contribution in [1.29, 1.82) is 0 Å². The molecule has 0 saturated carbocycles. The molecule has 0 radical (unpaired) electrons. The maximum Gasteiger partial charge on any atom is 0.408 e. The molecule has 6 nitrogen and oxygen atoms in total. The smallest absolute Gasteiger partial charge is 0.408 e. The zero-order valence-electron chi connectivity index (χ0n) is 17.8. The Balaban J connectivity index is 1.68. The third-order valence-electron chi connectivity index (χ3n) is 4.26. The minimum atomic E-state index is -0.608. The molecule has 1 amide bonds. The summed E-state index contributed by atoms with van der Waals surface area (Å²) in [6.07, 6.45) is 0.677. The van der Waals surface area contributed by atoms with Crippen molar-refractivity contribution in [3.63, 3.8) is 0 Å². The second-order valence-corrected chi connectivity index (χ2v) is 8.94. The van der Waals surface area contributed by atoms with E-state index in [1.165, 1.54) is 11.3 Å². The molecular weight excluding hydrogens is 412 g/mol. The van der Waals surface area contributed by atoms with E-state index in [1.807, 2.05) is 75.4 Å². The number of ether oxygens (including phenoxy) is 2. The summed E-state index contributed by atoms with van der Waals surface area (Å²) < 4.78 is 11.2. The van der Waals surface area contributed by atoms with Crippen LogP contribution in [-0.2, 0) is 17.8 Å². The van der Waals surface area contributed by atoms with Crippen molar-refractivity contribution in [2.75, 3.05) is 0 Å². The quantitative estimate of drug-likeness (QED) is 0.480. The average molecular weight is 439 g/mol. The Morgan fingerprint density at radius 3 is 2.42 bits per heavy atom. The van der Waals surface area contributed by atoms with E-state index in [0.717, 1.165) is 16.9 Å². The molecule has 1 aromatic heterocycles. The van der Waals surface area contributed by atoms with Gasteiger partial charge in [0.15, 0.2) is 6.29 Å². The summed E-state index contributed by atoms with van der Waals surface area (Å²) in [6, 6.07) is 17.3. The van der Waals surface area contributed by atoms with E-state index in [4.69, 9.17) is 9.47 Å². The Morgan fingerprint density at radius 2 is 1.81 bits per heavy atom. The van der Waals surface area contributed by atoms with Crippen molar-refractivity contribution < 1.29 is 19.1 Å². The number of amides is 1. The van der Waals surface area contributed by atoms with Crippen LogP contribution in [-0.4, -0.2) is 23.0 Å². The van der Waals surface area contributed by atoms with Crippen LogP contribution in [0, 0.1) is 0 Å². The van der Waals surface area contributed by atoms with Crippen molar-refractivity contribution in [3.8, 4) is 5.75 Å². The largest absolute Gasteiger partial charge is 0.489 e. The molecule has 1 heterocycles. The molecule has 0 fully saturated rings. The first-order valence-corrected chi connectivity index (χ1v) is 10.9. The Morgan fingerprint density at radius 1 is 1.10 bits per heavy atom. The van der Waals surface area contributed by atoms with E-state index in [1.54, 1.807) is 5.38 Å². The Bertz CT molecular complexity index is 994. The number of aldehydes is 1. The van der Waals surface area contributed by atoms with Crippen molar-refractivity contribution in [1.82, 2.24) is 10.3 Å². The molecule has 1 atom stereocenters. The number of rotatable bonds is 8. The van der Waals surface area contributed by atoms with Gasteiger partial charge in [0.2, 0.25) is 0 Å². The first kappa shape index (κ1) is 22.5. The topological polar surface area (TPSA) is 77.5 Å². The maximum atomic E-state index is 12.3. The van der Waals surface area contributed by atoms with Gasteiger partial charge < -0.3 is 14.8 Å². The second kappa shape index (κ2) is 10.2. The van der Waals surface area contributed by atoms with E-state index in [2.05, 4.69) is 10.3 Å². The molecule has 0 unspecified atom stereocenters. The fourth-order valence-electron chi connectivity index (χ4n) is 2.86. The third-order valence-corrected chi connectivity index (χ3v) is 5.24. The highest BCUT2D eigenvalue weighted by Gasteiger charge is 2.23. The summed E-state index contributed by atoms with van der Waals surface area (Å²) >= 11 is 1.33. The summed E-state index contributed by atoms with van der Waals surface area (Å²) in [5.41, 5.74) is 1.84. The van der Waals surface area contributed by atoms with Crippen LogP contribution in [0.15, 0.2) is 60.0 Å². The van der Waals surface area contributed by atoms with Gasteiger partial charge in [0.25, 0.3) is 0 Å². The Kier molecular flexibility index (Phi) is 7.41.